The van der Waals surface area contributed by atoms with Gasteiger partial charge in [0.25, 0.3) is 0 Å². The van der Waals surface area contributed by atoms with Crippen LogP contribution in [0.1, 0.15) is 27.2 Å². The Kier molecular flexibility index (Phi) is 6.25. The van der Waals surface area contributed by atoms with Crippen molar-refractivity contribution in [3.63, 3.8) is 0 Å². The lowest BCUT2D eigenvalue weighted by Crippen LogP contribution is -2.84. The van der Waals surface area contributed by atoms with Crippen LogP contribution in [0.25, 0.3) is 0 Å². The zero-order chi connectivity index (χ0) is 17.5. The molecule has 21 heavy (non-hydrogen) atoms. The van der Waals surface area contributed by atoms with E-state index in [4.69, 9.17) is 4.43 Å². The van der Waals surface area contributed by atoms with E-state index < -0.39 is 29.6 Å². The first-order valence-corrected chi connectivity index (χ1v) is 23.6. The zero-order valence-corrected chi connectivity index (χ0v) is 20.8. The quantitative estimate of drug-likeness (QED) is 0.408. The Morgan fingerprint density at radius 2 is 1.05 bits per heavy atom. The smallest absolute Gasteiger partial charge is 0.206 e. The topological polar surface area (TPSA) is 9.23 Å². The number of hydrogen-bond acceptors (Lipinski definition) is 1. The van der Waals surface area contributed by atoms with E-state index in [9.17, 15) is 0 Å². The van der Waals surface area contributed by atoms with Crippen LogP contribution in [0.5, 0.6) is 0 Å². The van der Waals surface area contributed by atoms with Crippen molar-refractivity contribution in [2.24, 2.45) is 5.41 Å². The van der Waals surface area contributed by atoms with Gasteiger partial charge >= 0.3 is 0 Å². The summed E-state index contributed by atoms with van der Waals surface area (Å²) in [6.45, 7) is 32.4. The lowest BCUT2D eigenvalue weighted by Gasteiger charge is -2.56. The maximum Gasteiger partial charge on any atom is 0.206 e. The fourth-order valence-corrected chi connectivity index (χ4v) is 97.9. The van der Waals surface area contributed by atoms with Crippen molar-refractivity contribution in [3.8, 4) is 0 Å². The molecule has 0 heterocycles. The van der Waals surface area contributed by atoms with Gasteiger partial charge in [0.15, 0.2) is 0 Å². The molecule has 126 valence electrons. The van der Waals surface area contributed by atoms with Gasteiger partial charge in [-0.25, -0.2) is 0 Å². The van der Waals surface area contributed by atoms with Gasteiger partial charge in [0.05, 0.1) is 28.5 Å². The van der Waals surface area contributed by atoms with Crippen LogP contribution in [-0.2, 0) is 4.43 Å². The minimum atomic E-state index is -1.75. The molecule has 5 heteroatoms. The van der Waals surface area contributed by atoms with Crippen LogP contribution in [0.15, 0.2) is 12.3 Å². The van der Waals surface area contributed by atoms with E-state index in [0.29, 0.717) is 0 Å². The Hall–Kier alpha value is 0.408. The van der Waals surface area contributed by atoms with Crippen molar-refractivity contribution < 1.29 is 4.43 Å². The van der Waals surface area contributed by atoms with Crippen molar-refractivity contribution in [1.82, 2.24) is 0 Å². The van der Waals surface area contributed by atoms with E-state index in [1.165, 1.54) is 0 Å². The highest BCUT2D eigenvalue weighted by molar-refractivity contribution is 7.87. The summed E-state index contributed by atoms with van der Waals surface area (Å²) >= 11 is 0. The van der Waals surface area contributed by atoms with Gasteiger partial charge in [-0.05, 0) is 5.41 Å². The van der Waals surface area contributed by atoms with E-state index in [-0.39, 0.29) is 5.41 Å². The second kappa shape index (κ2) is 6.13. The molecule has 0 atom stereocenters. The van der Waals surface area contributed by atoms with Crippen LogP contribution >= 0.6 is 0 Å². The molecule has 0 fully saturated rings. The Bertz CT molecular complexity index is 339. The van der Waals surface area contributed by atoms with Crippen LogP contribution in [0, 0.1) is 5.41 Å². The third kappa shape index (κ3) is 4.94. The molecule has 0 radical (unpaired) electrons. The van der Waals surface area contributed by atoms with Gasteiger partial charge in [-0.2, -0.15) is 0 Å². The molecule has 0 saturated heterocycles. The molecule has 0 aliphatic heterocycles. The van der Waals surface area contributed by atoms with E-state index in [1.54, 1.807) is 0 Å². The summed E-state index contributed by atoms with van der Waals surface area (Å²) in [7, 11) is -4.10. The van der Waals surface area contributed by atoms with Crippen LogP contribution in [0.2, 0.25) is 58.9 Å². The van der Waals surface area contributed by atoms with E-state index in [2.05, 4.69) is 86.3 Å². The molecule has 0 aromatic heterocycles. The highest BCUT2D eigenvalue weighted by atomic mass is 29.9. The van der Waals surface area contributed by atoms with Crippen molar-refractivity contribution >= 4 is 29.6 Å². The van der Waals surface area contributed by atoms with Crippen molar-refractivity contribution in [3.05, 3.63) is 12.3 Å². The predicted octanol–water partition coefficient (Wildman–Crippen LogP) is 6.15. The highest BCUT2D eigenvalue weighted by Gasteiger charge is 2.65. The average molecular weight is 361 g/mol. The second-order valence-electron chi connectivity index (χ2n) is 10.8. The SMILES string of the molecule is C=C(CC(C)(C)C)O[Si]([Si](C)(C)C)([Si](C)(C)C)[Si](C)(C)C. The van der Waals surface area contributed by atoms with Crippen LogP contribution in [-0.4, -0.2) is 29.6 Å². The minimum absolute atomic E-state index is 0.259. The number of rotatable bonds is 6. The second-order valence-corrected chi connectivity index (χ2v) is 50.2. The lowest BCUT2D eigenvalue weighted by atomic mass is 9.92. The predicted molar refractivity (Wildman–Crippen MR) is 110 cm³/mol. The molecule has 0 aromatic carbocycles. The summed E-state index contributed by atoms with van der Waals surface area (Å²) in [6.07, 6.45) is 0.987. The fraction of sp³-hybridized carbons (Fsp3) is 0.875. The Morgan fingerprint density at radius 1 is 0.762 bits per heavy atom. The number of allylic oxidation sites excluding steroid dienone is 1. The Morgan fingerprint density at radius 3 is 1.24 bits per heavy atom. The van der Waals surface area contributed by atoms with Gasteiger partial charge in [-0.15, -0.1) is 0 Å². The largest absolute Gasteiger partial charge is 0.555 e. The summed E-state index contributed by atoms with van der Waals surface area (Å²) in [5.41, 5.74) is 0.259. The van der Waals surface area contributed by atoms with Crippen LogP contribution in [0.4, 0.5) is 0 Å². The normalized spacial score (nSPS) is 15.0. The third-order valence-electron chi connectivity index (χ3n) is 4.19. The standard InChI is InChI=1S/C16H40OSi4/c1-15(14-16(2,3)4)17-21(18(5,6)7,19(8,9)10)20(11,12)13/h1,14H2,2-13H3. The molecule has 0 saturated carbocycles. The average Bonchev–Trinajstić information content (AvgIpc) is 2.04. The molecule has 0 aliphatic carbocycles. The van der Waals surface area contributed by atoms with Crippen molar-refractivity contribution in [2.45, 2.75) is 86.1 Å². The number of hydrogen-bond donors (Lipinski definition) is 0. The lowest BCUT2D eigenvalue weighted by molar-refractivity contribution is 0.324. The Balaban J connectivity index is 5.91. The maximum absolute atomic E-state index is 7.04. The Labute approximate surface area is 138 Å². The van der Waals surface area contributed by atoms with Gasteiger partial charge < -0.3 is 4.43 Å². The zero-order valence-electron chi connectivity index (χ0n) is 16.8. The first-order chi connectivity index (χ1) is 8.85. The third-order valence-corrected chi connectivity index (χ3v) is 71.6. The summed E-state index contributed by atoms with van der Waals surface area (Å²) in [6, 6.07) is 0. The molecule has 0 bridgehead atoms. The molecule has 0 aromatic rings. The summed E-state index contributed by atoms with van der Waals surface area (Å²) in [5, 5.41) is 0. The van der Waals surface area contributed by atoms with Gasteiger partial charge in [0.1, 0.15) is 0 Å². The molecular weight excluding hydrogens is 321 g/mol. The molecule has 0 aliphatic rings. The molecule has 1 nitrogen and oxygen atoms in total. The molecule has 0 rings (SSSR count). The van der Waals surface area contributed by atoms with E-state index in [0.717, 1.165) is 12.2 Å². The van der Waals surface area contributed by atoms with Crippen LogP contribution < -0.4 is 0 Å². The van der Waals surface area contributed by atoms with Crippen molar-refractivity contribution in [2.75, 3.05) is 0 Å². The van der Waals surface area contributed by atoms with Gasteiger partial charge in [0, 0.05) is 6.42 Å². The first-order valence-electron chi connectivity index (χ1n) is 8.22. The van der Waals surface area contributed by atoms with Gasteiger partial charge in [-0.1, -0.05) is 86.3 Å². The molecule has 0 spiro atoms. The fourth-order valence-electron chi connectivity index (χ4n) is 4.68. The first kappa shape index (κ1) is 21.4. The molecule has 0 amide bonds. The minimum Gasteiger partial charge on any atom is -0.555 e. The molecular formula is C16H40OSi4. The summed E-state index contributed by atoms with van der Waals surface area (Å²) < 4.78 is 7.04. The van der Waals surface area contributed by atoms with Crippen LogP contribution in [0.3, 0.4) is 0 Å². The van der Waals surface area contributed by atoms with Crippen molar-refractivity contribution in [1.29, 1.82) is 0 Å². The maximum atomic E-state index is 7.04. The summed E-state index contributed by atoms with van der Waals surface area (Å²) in [4.78, 5) is 0. The van der Waals surface area contributed by atoms with E-state index in [1.807, 2.05) is 0 Å². The van der Waals surface area contributed by atoms with Gasteiger partial charge in [-0.3, -0.25) is 0 Å². The highest BCUT2D eigenvalue weighted by Crippen LogP contribution is 2.40. The molecule has 0 unspecified atom stereocenters. The molecule has 0 N–H and O–H groups in total. The van der Waals surface area contributed by atoms with Gasteiger partial charge in [0.2, 0.25) is 6.87 Å². The summed E-state index contributed by atoms with van der Waals surface area (Å²) in [5.74, 6) is 1.07. The van der Waals surface area contributed by atoms with E-state index >= 15 is 0 Å². The monoisotopic (exact) mass is 360 g/mol.